The lowest BCUT2D eigenvalue weighted by molar-refractivity contribution is 0.0297. The topological polar surface area (TPSA) is 46.5 Å². The van der Waals surface area contributed by atoms with Crippen LogP contribution in [0.4, 0.5) is 4.20 Å². The molecule has 5 heteroatoms. The maximum absolute atomic E-state index is 12.6. The highest BCUT2D eigenvalue weighted by Gasteiger charge is 2.36. The van der Waals surface area contributed by atoms with E-state index < -0.39 is 14.0 Å². The molecule has 4 atom stereocenters. The van der Waals surface area contributed by atoms with Crippen LogP contribution in [-0.2, 0) is 9.09 Å². The first-order valence-corrected chi connectivity index (χ1v) is 6.97. The molecule has 0 heterocycles. The molecule has 0 spiro atoms. The molecule has 0 aromatic heterocycles. The summed E-state index contributed by atoms with van der Waals surface area (Å²) in [5.41, 5.74) is 0. The van der Waals surface area contributed by atoms with E-state index in [2.05, 4.69) is 11.4 Å². The van der Waals surface area contributed by atoms with Gasteiger partial charge in [-0.25, -0.2) is 4.57 Å². The zero-order valence-electron chi connectivity index (χ0n) is 9.52. The van der Waals surface area contributed by atoms with Gasteiger partial charge in [-0.1, -0.05) is 27.2 Å². The minimum atomic E-state index is -4.84. The predicted molar refractivity (Wildman–Crippen MR) is 57.1 cm³/mol. The molecule has 1 aliphatic carbocycles. The van der Waals surface area contributed by atoms with Gasteiger partial charge in [-0.05, 0) is 30.6 Å². The lowest BCUT2D eigenvalue weighted by Gasteiger charge is -2.36. The van der Waals surface area contributed by atoms with Crippen LogP contribution in [0.25, 0.3) is 0 Å². The van der Waals surface area contributed by atoms with Gasteiger partial charge in [0.2, 0.25) is 0 Å². The molecule has 90 valence electrons. The van der Waals surface area contributed by atoms with Crippen LogP contribution in [0.15, 0.2) is 0 Å². The average Bonchev–Trinajstić information content (AvgIpc) is 1.99. The first-order valence-electron chi connectivity index (χ1n) is 5.50. The Morgan fingerprint density at radius 1 is 1.47 bits per heavy atom. The molecule has 0 aromatic carbocycles. The van der Waals surface area contributed by atoms with Crippen LogP contribution in [0.3, 0.4) is 0 Å². The second-order valence-corrected chi connectivity index (χ2v) is 6.04. The maximum Gasteiger partial charge on any atom is 0.510 e. The van der Waals surface area contributed by atoms with Crippen LogP contribution in [-0.4, -0.2) is 11.0 Å². The predicted octanol–water partition coefficient (Wildman–Crippen LogP) is 3.53. The molecule has 3 nitrogen and oxygen atoms in total. The Kier molecular flexibility index (Phi) is 4.33. The van der Waals surface area contributed by atoms with E-state index in [4.69, 9.17) is 4.89 Å². The first kappa shape index (κ1) is 13.1. The summed E-state index contributed by atoms with van der Waals surface area (Å²) in [6.45, 7) is 6.14. The van der Waals surface area contributed by atoms with Crippen LogP contribution in [0, 0.1) is 17.8 Å². The van der Waals surface area contributed by atoms with E-state index in [1.54, 1.807) is 0 Å². The van der Waals surface area contributed by atoms with Gasteiger partial charge in [0, 0.05) is 0 Å². The number of halogens is 1. The highest BCUT2D eigenvalue weighted by Crippen LogP contribution is 2.49. The smallest absolute Gasteiger partial charge is 0.299 e. The second-order valence-electron chi connectivity index (χ2n) is 4.92. The van der Waals surface area contributed by atoms with Crippen molar-refractivity contribution in [2.24, 2.45) is 17.8 Å². The molecule has 1 unspecified atom stereocenters. The number of rotatable bonds is 3. The van der Waals surface area contributed by atoms with Crippen molar-refractivity contribution in [2.45, 2.75) is 46.1 Å². The third kappa shape index (κ3) is 4.21. The molecular weight excluding hydrogens is 218 g/mol. The average molecular weight is 238 g/mol. The van der Waals surface area contributed by atoms with Gasteiger partial charge in [-0.3, -0.25) is 9.42 Å². The Morgan fingerprint density at radius 3 is 2.53 bits per heavy atom. The fourth-order valence-electron chi connectivity index (χ4n) is 2.40. The van der Waals surface area contributed by atoms with Crippen molar-refractivity contribution < 1.29 is 18.2 Å². The van der Waals surface area contributed by atoms with E-state index in [-0.39, 0.29) is 5.92 Å². The SMILES string of the molecule is CC(C)[C@@H]1CC[C@@H](C)C[C@H]1OP(=O)(O)F. The molecule has 15 heavy (non-hydrogen) atoms. The molecule has 0 saturated heterocycles. The van der Waals surface area contributed by atoms with E-state index in [9.17, 15) is 8.76 Å². The van der Waals surface area contributed by atoms with Crippen LogP contribution in [0.2, 0.25) is 0 Å². The van der Waals surface area contributed by atoms with Gasteiger partial charge < -0.3 is 0 Å². The Labute approximate surface area is 90.7 Å². The zero-order valence-corrected chi connectivity index (χ0v) is 10.4. The third-order valence-corrected chi connectivity index (χ3v) is 3.76. The van der Waals surface area contributed by atoms with E-state index in [1.165, 1.54) is 0 Å². The van der Waals surface area contributed by atoms with Gasteiger partial charge >= 0.3 is 7.91 Å². The largest absolute Gasteiger partial charge is 0.510 e. The molecule has 0 aliphatic heterocycles. The van der Waals surface area contributed by atoms with Crippen molar-refractivity contribution in [2.75, 3.05) is 0 Å². The normalized spacial score (nSPS) is 36.5. The number of hydrogen-bond donors (Lipinski definition) is 1. The monoisotopic (exact) mass is 238 g/mol. The fourth-order valence-corrected chi connectivity index (χ4v) is 2.98. The number of hydrogen-bond acceptors (Lipinski definition) is 2. The molecule has 0 amide bonds. The standard InChI is InChI=1S/C10H20FO3P/c1-7(2)9-5-4-8(3)6-10(9)14-15(11,12)13/h7-10H,4-6H2,1-3H3,(H,12,13)/t8-,9+,10-/m1/s1. The van der Waals surface area contributed by atoms with Gasteiger partial charge in [0.25, 0.3) is 0 Å². The van der Waals surface area contributed by atoms with Gasteiger partial charge in [0.15, 0.2) is 0 Å². The highest BCUT2D eigenvalue weighted by atomic mass is 31.2. The van der Waals surface area contributed by atoms with Crippen molar-refractivity contribution in [1.82, 2.24) is 0 Å². The Hall–Kier alpha value is 0.0800. The van der Waals surface area contributed by atoms with E-state index in [1.807, 2.05) is 13.8 Å². The Balaban J connectivity index is 2.66. The van der Waals surface area contributed by atoms with Crippen molar-refractivity contribution >= 4 is 7.91 Å². The summed E-state index contributed by atoms with van der Waals surface area (Å²) in [6.07, 6.45) is 2.31. The fraction of sp³-hybridized carbons (Fsp3) is 1.00. The second kappa shape index (κ2) is 4.94. The van der Waals surface area contributed by atoms with Crippen LogP contribution in [0.1, 0.15) is 40.0 Å². The quantitative estimate of drug-likeness (QED) is 0.765. The molecule has 0 bridgehead atoms. The van der Waals surface area contributed by atoms with Crippen molar-refractivity contribution in [3.63, 3.8) is 0 Å². The summed E-state index contributed by atoms with van der Waals surface area (Å²) in [7, 11) is -4.84. The molecular formula is C10H20FO3P. The van der Waals surface area contributed by atoms with Crippen LogP contribution < -0.4 is 0 Å². The summed E-state index contributed by atoms with van der Waals surface area (Å²) < 4.78 is 27.9. The van der Waals surface area contributed by atoms with Crippen LogP contribution >= 0.6 is 7.91 Å². The molecule has 1 aliphatic rings. The van der Waals surface area contributed by atoms with E-state index in [0.717, 1.165) is 12.8 Å². The van der Waals surface area contributed by atoms with Gasteiger partial charge in [0.1, 0.15) is 0 Å². The third-order valence-electron chi connectivity index (χ3n) is 3.23. The molecule has 1 fully saturated rings. The molecule has 1 saturated carbocycles. The summed E-state index contributed by atoms with van der Waals surface area (Å²) in [5.74, 6) is 0.989. The van der Waals surface area contributed by atoms with Crippen molar-refractivity contribution in [1.29, 1.82) is 0 Å². The molecule has 1 rings (SSSR count). The minimum absolute atomic E-state index is 0.192. The Morgan fingerprint density at radius 2 is 2.07 bits per heavy atom. The summed E-state index contributed by atoms with van der Waals surface area (Å²) in [4.78, 5) is 8.62. The lowest BCUT2D eigenvalue weighted by atomic mass is 9.75. The first-order chi connectivity index (χ1) is 6.79. The van der Waals surface area contributed by atoms with E-state index >= 15 is 0 Å². The van der Waals surface area contributed by atoms with Gasteiger partial charge in [-0.2, -0.15) is 0 Å². The van der Waals surface area contributed by atoms with Crippen LogP contribution in [0.5, 0.6) is 0 Å². The van der Waals surface area contributed by atoms with Gasteiger partial charge in [-0.15, -0.1) is 4.20 Å². The lowest BCUT2D eigenvalue weighted by Crippen LogP contribution is -2.33. The highest BCUT2D eigenvalue weighted by molar-refractivity contribution is 7.46. The Bertz CT molecular complexity index is 251. The van der Waals surface area contributed by atoms with E-state index in [0.29, 0.717) is 18.3 Å². The minimum Gasteiger partial charge on any atom is -0.299 e. The molecule has 0 aromatic rings. The van der Waals surface area contributed by atoms with Gasteiger partial charge in [0.05, 0.1) is 6.10 Å². The maximum atomic E-state index is 12.6. The van der Waals surface area contributed by atoms with Crippen molar-refractivity contribution in [3.05, 3.63) is 0 Å². The summed E-state index contributed by atoms with van der Waals surface area (Å²) in [5, 5.41) is 0. The summed E-state index contributed by atoms with van der Waals surface area (Å²) >= 11 is 0. The molecule has 1 N–H and O–H groups in total. The summed E-state index contributed by atoms with van der Waals surface area (Å²) in [6, 6.07) is 0. The van der Waals surface area contributed by atoms with Crippen molar-refractivity contribution in [3.8, 4) is 0 Å². The molecule has 0 radical (unpaired) electrons. The zero-order chi connectivity index (χ0) is 11.6.